The Morgan fingerprint density at radius 1 is 1.40 bits per heavy atom. The number of hydrogen-bond acceptors (Lipinski definition) is 1. The smallest absolute Gasteiger partial charge is 0.124 e. The van der Waals surface area contributed by atoms with Gasteiger partial charge in [-0.05, 0) is 19.3 Å². The van der Waals surface area contributed by atoms with Crippen LogP contribution < -0.4 is 10.8 Å². The Bertz CT molecular complexity index is 327. The van der Waals surface area contributed by atoms with Crippen molar-refractivity contribution in [1.82, 2.24) is 5.32 Å². The number of rotatable bonds is 4. The topological polar surface area (TPSA) is 12.0 Å². The number of hydrogen-bond donors (Lipinski definition) is 1. The van der Waals surface area contributed by atoms with Gasteiger partial charge in [-0.15, -0.1) is 0 Å². The first-order valence-electron chi connectivity index (χ1n) is 6.12. The molecule has 2 unspecified atom stereocenters. The first-order chi connectivity index (χ1) is 7.36. The molecule has 0 amide bonds. The molecule has 1 nitrogen and oxygen atoms in total. The van der Waals surface area contributed by atoms with Crippen molar-refractivity contribution in [3.63, 3.8) is 0 Å². The van der Waals surface area contributed by atoms with E-state index in [0.29, 0.717) is 6.04 Å². The Balaban J connectivity index is 2.18. The molecular weight excluding hydrogens is 180 g/mol. The third kappa shape index (κ3) is 2.12. The lowest BCUT2D eigenvalue weighted by Gasteiger charge is -2.24. The van der Waals surface area contributed by atoms with Gasteiger partial charge in [-0.2, -0.15) is 0 Å². The lowest BCUT2D eigenvalue weighted by atomic mass is 9.36. The van der Waals surface area contributed by atoms with Gasteiger partial charge >= 0.3 is 0 Å². The zero-order chi connectivity index (χ0) is 10.7. The number of likely N-dealkylation sites (N-methyl/N-ethyl adjacent to an activating group) is 1. The van der Waals surface area contributed by atoms with E-state index in [1.165, 1.54) is 27.2 Å². The highest BCUT2D eigenvalue weighted by Gasteiger charge is 2.29. The molecule has 0 saturated heterocycles. The van der Waals surface area contributed by atoms with E-state index in [-0.39, 0.29) is 0 Å². The van der Waals surface area contributed by atoms with Crippen LogP contribution in [0.4, 0.5) is 0 Å². The standard InChI is InChI=1S/C12H19B2N/c1-3-6-11(15-2)12-9-7-4-5-8-10(9)13-14-12/h4-5,7-8,11-15H,3,6H2,1-2H3. The van der Waals surface area contributed by atoms with Gasteiger partial charge in [0, 0.05) is 6.04 Å². The predicted molar refractivity (Wildman–Crippen MR) is 70.9 cm³/mol. The molecule has 0 spiro atoms. The molecule has 0 fully saturated rings. The maximum absolute atomic E-state index is 3.49. The monoisotopic (exact) mass is 199 g/mol. The van der Waals surface area contributed by atoms with E-state index in [4.69, 9.17) is 0 Å². The minimum Gasteiger partial charge on any atom is -0.317 e. The number of benzene rings is 1. The zero-order valence-corrected chi connectivity index (χ0v) is 9.79. The lowest BCUT2D eigenvalue weighted by Crippen LogP contribution is -2.34. The number of fused-ring (bicyclic) bond motifs is 1. The van der Waals surface area contributed by atoms with Crippen LogP contribution in [0.15, 0.2) is 24.3 Å². The molecule has 0 radical (unpaired) electrons. The second-order valence-electron chi connectivity index (χ2n) is 4.53. The van der Waals surface area contributed by atoms with E-state index in [0.717, 1.165) is 5.82 Å². The maximum atomic E-state index is 3.49. The van der Waals surface area contributed by atoms with Crippen LogP contribution in [-0.2, 0) is 0 Å². The molecule has 1 N–H and O–H groups in total. The van der Waals surface area contributed by atoms with Crippen molar-refractivity contribution in [2.45, 2.75) is 31.6 Å². The van der Waals surface area contributed by atoms with Crippen LogP contribution in [0.1, 0.15) is 31.1 Å². The summed E-state index contributed by atoms with van der Waals surface area (Å²) in [5.41, 5.74) is 3.16. The zero-order valence-electron chi connectivity index (χ0n) is 9.79. The van der Waals surface area contributed by atoms with Crippen molar-refractivity contribution in [1.29, 1.82) is 0 Å². The average Bonchev–Trinajstić information content (AvgIpc) is 2.70. The van der Waals surface area contributed by atoms with Crippen LogP contribution in [0.2, 0.25) is 0 Å². The van der Waals surface area contributed by atoms with Crippen LogP contribution in [-0.4, -0.2) is 27.4 Å². The van der Waals surface area contributed by atoms with Crippen LogP contribution in [0, 0.1) is 0 Å². The Hall–Kier alpha value is -0.690. The van der Waals surface area contributed by atoms with Crippen molar-refractivity contribution in [2.75, 3.05) is 7.05 Å². The molecule has 78 valence electrons. The molecule has 2 rings (SSSR count). The van der Waals surface area contributed by atoms with Gasteiger partial charge in [-0.25, -0.2) is 0 Å². The van der Waals surface area contributed by atoms with E-state index in [9.17, 15) is 0 Å². The second kappa shape index (κ2) is 4.89. The Morgan fingerprint density at radius 2 is 2.20 bits per heavy atom. The van der Waals surface area contributed by atoms with Gasteiger partial charge in [-0.1, -0.05) is 48.6 Å². The average molecular weight is 199 g/mol. The molecule has 1 aliphatic rings. The Labute approximate surface area is 94.1 Å². The maximum Gasteiger partial charge on any atom is 0.124 e. The highest BCUT2D eigenvalue weighted by Crippen LogP contribution is 2.23. The molecule has 1 aliphatic heterocycles. The molecular formula is C12H19B2N. The Kier molecular flexibility index (Phi) is 3.53. The van der Waals surface area contributed by atoms with Gasteiger partial charge in [0.2, 0.25) is 0 Å². The molecule has 0 bridgehead atoms. The molecule has 0 aromatic heterocycles. The fraction of sp³-hybridized carbons (Fsp3) is 0.500. The minimum absolute atomic E-state index is 0.665. The Morgan fingerprint density at radius 3 is 2.93 bits per heavy atom. The summed E-state index contributed by atoms with van der Waals surface area (Å²) >= 11 is 0. The SMILES string of the molecule is CCCC(NC)C1BBc2ccccc21. The van der Waals surface area contributed by atoms with Gasteiger partial charge in [-0.3, -0.25) is 0 Å². The van der Waals surface area contributed by atoms with Crippen molar-refractivity contribution in [3.05, 3.63) is 29.8 Å². The van der Waals surface area contributed by atoms with Crippen molar-refractivity contribution >= 4 is 19.8 Å². The largest absolute Gasteiger partial charge is 0.317 e. The molecule has 1 heterocycles. The van der Waals surface area contributed by atoms with Crippen molar-refractivity contribution in [2.24, 2.45) is 0 Å². The van der Waals surface area contributed by atoms with E-state index >= 15 is 0 Å². The molecule has 1 aromatic rings. The van der Waals surface area contributed by atoms with Crippen LogP contribution in [0.25, 0.3) is 0 Å². The lowest BCUT2D eigenvalue weighted by molar-refractivity contribution is 0.502. The normalized spacial score (nSPS) is 20.3. The van der Waals surface area contributed by atoms with E-state index in [1.54, 1.807) is 11.0 Å². The summed E-state index contributed by atoms with van der Waals surface area (Å²) in [7, 11) is 4.69. The van der Waals surface area contributed by atoms with Crippen LogP contribution in [0.3, 0.4) is 0 Å². The predicted octanol–water partition coefficient (Wildman–Crippen LogP) is 0.543. The van der Waals surface area contributed by atoms with Crippen LogP contribution in [0.5, 0.6) is 0 Å². The summed E-state index contributed by atoms with van der Waals surface area (Å²) in [6.07, 6.45) is 2.56. The van der Waals surface area contributed by atoms with Gasteiger partial charge in [0.15, 0.2) is 0 Å². The molecule has 1 aromatic carbocycles. The summed E-state index contributed by atoms with van der Waals surface area (Å²) in [6, 6.07) is 9.60. The molecule has 3 heteroatoms. The number of nitrogens with one attached hydrogen (secondary N) is 1. The summed E-state index contributed by atoms with van der Waals surface area (Å²) in [5.74, 6) is 0.742. The third-order valence-corrected chi connectivity index (χ3v) is 3.64. The molecule has 0 aliphatic carbocycles. The van der Waals surface area contributed by atoms with Crippen molar-refractivity contribution < 1.29 is 0 Å². The molecule has 15 heavy (non-hydrogen) atoms. The van der Waals surface area contributed by atoms with Gasteiger partial charge in [0.25, 0.3) is 0 Å². The minimum atomic E-state index is 0.665. The van der Waals surface area contributed by atoms with Crippen LogP contribution >= 0.6 is 0 Å². The fourth-order valence-corrected chi connectivity index (χ4v) is 2.87. The first-order valence-corrected chi connectivity index (χ1v) is 6.12. The highest BCUT2D eigenvalue weighted by molar-refractivity contribution is 7.10. The van der Waals surface area contributed by atoms with E-state index in [1.807, 2.05) is 0 Å². The quantitative estimate of drug-likeness (QED) is 0.697. The van der Waals surface area contributed by atoms with E-state index < -0.39 is 0 Å². The molecule has 0 saturated carbocycles. The van der Waals surface area contributed by atoms with Gasteiger partial charge in [0.05, 0.1) is 0 Å². The second-order valence-corrected chi connectivity index (χ2v) is 4.53. The first kappa shape index (κ1) is 10.8. The van der Waals surface area contributed by atoms with Gasteiger partial charge in [0.1, 0.15) is 14.3 Å². The molecule has 2 atom stereocenters. The highest BCUT2D eigenvalue weighted by atomic mass is 14.9. The van der Waals surface area contributed by atoms with Gasteiger partial charge < -0.3 is 5.32 Å². The summed E-state index contributed by atoms with van der Waals surface area (Å²) in [6.45, 7) is 2.27. The summed E-state index contributed by atoms with van der Waals surface area (Å²) in [4.78, 5) is 0. The fourth-order valence-electron chi connectivity index (χ4n) is 2.87. The van der Waals surface area contributed by atoms with Crippen molar-refractivity contribution in [3.8, 4) is 0 Å². The van der Waals surface area contributed by atoms with E-state index in [2.05, 4.69) is 43.6 Å². The third-order valence-electron chi connectivity index (χ3n) is 3.64. The summed E-state index contributed by atoms with van der Waals surface area (Å²) < 4.78 is 0. The summed E-state index contributed by atoms with van der Waals surface area (Å²) in [5, 5.41) is 3.49.